The number of halogens is 5. The van der Waals surface area contributed by atoms with E-state index in [0.717, 1.165) is 42.5 Å². The van der Waals surface area contributed by atoms with E-state index in [1.54, 1.807) is 0 Å². The Kier molecular flexibility index (Phi) is 6.15. The first-order chi connectivity index (χ1) is 11.1. The Hall–Kier alpha value is -0.350. The highest BCUT2D eigenvalue weighted by Crippen LogP contribution is 2.35. The van der Waals surface area contributed by atoms with Crippen LogP contribution in [0, 0.1) is 0 Å². The molecule has 0 saturated carbocycles. The van der Waals surface area contributed by atoms with Crippen LogP contribution in [0.3, 0.4) is 0 Å². The minimum Gasteiger partial charge on any atom is -1.00 e. The minimum absolute atomic E-state index is 0. The zero-order valence-electron chi connectivity index (χ0n) is 13.4. The summed E-state index contributed by atoms with van der Waals surface area (Å²) >= 11 is 5.89. The molecule has 0 unspecified atom stereocenters. The first-order valence-corrected chi connectivity index (χ1v) is 9.68. The molecule has 25 heavy (non-hydrogen) atoms. The number of alkyl halides is 3. The third-order valence-corrected chi connectivity index (χ3v) is 7.42. The number of quaternary nitrogens is 1. The lowest BCUT2D eigenvalue weighted by atomic mass is 10.2. The first-order valence-electron chi connectivity index (χ1n) is 7.86. The fourth-order valence-corrected chi connectivity index (χ4v) is 5.50. The molecule has 2 heterocycles. The van der Waals surface area contributed by atoms with Crippen LogP contribution in [0.1, 0.15) is 18.4 Å². The predicted octanol–water partition coefficient (Wildman–Crippen LogP) is -0.0223. The Bertz CT molecular complexity index is 727. The Morgan fingerprint density at radius 2 is 1.60 bits per heavy atom. The van der Waals surface area contributed by atoms with E-state index in [2.05, 4.69) is 0 Å². The van der Waals surface area contributed by atoms with Crippen LogP contribution in [0.2, 0.25) is 5.02 Å². The number of piperazine rings is 1. The Morgan fingerprint density at radius 1 is 1.04 bits per heavy atom. The summed E-state index contributed by atoms with van der Waals surface area (Å²) in [6.07, 6.45) is -2.32. The molecule has 0 atom stereocenters. The van der Waals surface area contributed by atoms with Crippen LogP contribution in [-0.2, 0) is 16.2 Å². The number of sulfonamides is 1. The van der Waals surface area contributed by atoms with Gasteiger partial charge in [-0.2, -0.15) is 17.5 Å². The standard InChI is InChI=1S/C15H19ClF3N2O2S.BrH/c16-13-4-3-12(15(17,18)19)11-14(13)24(22,23)20-5-9-21(10-6-20)7-1-2-8-21;/h3-4,11H,1-2,5-10H2;1H/q+1;/p-1. The molecular formula is C15H19BrClF3N2O2S. The van der Waals surface area contributed by atoms with Crippen molar-refractivity contribution >= 4 is 21.6 Å². The zero-order chi connectivity index (χ0) is 17.6. The molecule has 0 N–H and O–H groups in total. The molecule has 0 amide bonds. The van der Waals surface area contributed by atoms with E-state index in [-0.39, 0.29) is 22.0 Å². The van der Waals surface area contributed by atoms with E-state index in [1.165, 1.54) is 4.31 Å². The van der Waals surface area contributed by atoms with E-state index >= 15 is 0 Å². The van der Waals surface area contributed by atoms with Crippen LogP contribution in [-0.4, -0.2) is 56.5 Å². The summed E-state index contributed by atoms with van der Waals surface area (Å²) < 4.78 is 66.3. The maximum atomic E-state index is 12.9. The summed E-state index contributed by atoms with van der Waals surface area (Å²) in [6, 6.07) is 2.42. The second kappa shape index (κ2) is 7.34. The van der Waals surface area contributed by atoms with Crippen LogP contribution in [0.5, 0.6) is 0 Å². The van der Waals surface area contributed by atoms with Gasteiger partial charge >= 0.3 is 6.18 Å². The fourth-order valence-electron chi connectivity index (χ4n) is 3.58. The molecule has 2 aliphatic rings. The highest BCUT2D eigenvalue weighted by Gasteiger charge is 2.41. The third kappa shape index (κ3) is 4.16. The maximum Gasteiger partial charge on any atom is 0.416 e. The van der Waals surface area contributed by atoms with Gasteiger partial charge in [0.15, 0.2) is 0 Å². The summed E-state index contributed by atoms with van der Waals surface area (Å²) in [4.78, 5) is -0.464. The predicted molar refractivity (Wildman–Crippen MR) is 84.2 cm³/mol. The van der Waals surface area contributed by atoms with Gasteiger partial charge in [-0.25, -0.2) is 8.42 Å². The third-order valence-electron chi connectivity index (χ3n) is 5.04. The minimum atomic E-state index is -4.61. The van der Waals surface area contributed by atoms with Crippen molar-refractivity contribution in [2.75, 3.05) is 39.3 Å². The smallest absolute Gasteiger partial charge is 0.416 e. The number of hydrogen-bond acceptors (Lipinski definition) is 2. The molecule has 0 radical (unpaired) electrons. The van der Waals surface area contributed by atoms with Gasteiger partial charge in [0, 0.05) is 12.8 Å². The lowest BCUT2D eigenvalue weighted by molar-refractivity contribution is -0.920. The summed E-state index contributed by atoms with van der Waals surface area (Å²) in [5, 5.41) is -0.182. The average Bonchev–Trinajstić information content (AvgIpc) is 2.95. The van der Waals surface area contributed by atoms with Crippen LogP contribution in [0.15, 0.2) is 23.1 Å². The topological polar surface area (TPSA) is 37.4 Å². The second-order valence-corrected chi connectivity index (χ2v) is 8.80. The van der Waals surface area contributed by atoms with Gasteiger partial charge in [-0.05, 0) is 18.2 Å². The molecule has 1 spiro atoms. The second-order valence-electron chi connectivity index (χ2n) is 6.49. The summed E-state index contributed by atoms with van der Waals surface area (Å²) in [5.41, 5.74) is -1.01. The highest BCUT2D eigenvalue weighted by atomic mass is 79.9. The highest BCUT2D eigenvalue weighted by molar-refractivity contribution is 7.89. The van der Waals surface area contributed by atoms with E-state index in [1.807, 2.05) is 0 Å². The summed E-state index contributed by atoms with van der Waals surface area (Å²) in [6.45, 7) is 4.14. The molecule has 0 bridgehead atoms. The molecule has 0 aromatic heterocycles. The molecule has 3 rings (SSSR count). The van der Waals surface area contributed by atoms with E-state index in [0.29, 0.717) is 32.2 Å². The molecule has 4 nitrogen and oxygen atoms in total. The van der Waals surface area contributed by atoms with Crippen LogP contribution in [0.25, 0.3) is 0 Å². The monoisotopic (exact) mass is 462 g/mol. The van der Waals surface area contributed by atoms with Crippen molar-refractivity contribution in [3.8, 4) is 0 Å². The van der Waals surface area contributed by atoms with Crippen LogP contribution >= 0.6 is 11.6 Å². The molecule has 2 fully saturated rings. The normalized spacial score (nSPS) is 21.3. The van der Waals surface area contributed by atoms with Gasteiger partial charge in [0.1, 0.15) is 4.90 Å². The molecule has 2 saturated heterocycles. The van der Waals surface area contributed by atoms with Gasteiger partial charge in [-0.15, -0.1) is 0 Å². The molecular weight excluding hydrogens is 445 g/mol. The first kappa shape index (κ1) is 21.0. The van der Waals surface area contributed by atoms with Crippen molar-refractivity contribution in [3.63, 3.8) is 0 Å². The van der Waals surface area contributed by atoms with E-state index in [9.17, 15) is 21.6 Å². The number of hydrogen-bond donors (Lipinski definition) is 0. The zero-order valence-corrected chi connectivity index (χ0v) is 16.6. The van der Waals surface area contributed by atoms with Gasteiger partial charge < -0.3 is 21.5 Å². The van der Waals surface area contributed by atoms with E-state index in [4.69, 9.17) is 11.6 Å². The van der Waals surface area contributed by atoms with Crippen LogP contribution in [0.4, 0.5) is 13.2 Å². The molecule has 0 aliphatic carbocycles. The van der Waals surface area contributed by atoms with E-state index < -0.39 is 26.7 Å². The quantitative estimate of drug-likeness (QED) is 0.578. The van der Waals surface area contributed by atoms with Gasteiger partial charge in [0.2, 0.25) is 10.0 Å². The molecule has 1 aromatic carbocycles. The van der Waals surface area contributed by atoms with Crippen molar-refractivity contribution in [1.29, 1.82) is 0 Å². The van der Waals surface area contributed by atoms with Crippen molar-refractivity contribution in [2.45, 2.75) is 23.9 Å². The molecule has 2 aliphatic heterocycles. The SMILES string of the molecule is O=S(=O)(c1cc(C(F)(F)F)ccc1Cl)N1CC[N+]2(CCCC2)CC1.[Br-]. The Labute approximate surface area is 161 Å². The number of nitrogens with zero attached hydrogens (tertiary/aromatic N) is 2. The van der Waals surface area contributed by atoms with Gasteiger partial charge in [0.25, 0.3) is 0 Å². The largest absolute Gasteiger partial charge is 1.00 e. The van der Waals surface area contributed by atoms with Crippen molar-refractivity contribution in [3.05, 3.63) is 28.8 Å². The number of benzene rings is 1. The maximum absolute atomic E-state index is 12.9. The Morgan fingerprint density at radius 3 is 2.12 bits per heavy atom. The van der Waals surface area contributed by atoms with Crippen LogP contribution < -0.4 is 17.0 Å². The Balaban J connectivity index is 0.00000225. The molecule has 1 aromatic rings. The lowest BCUT2D eigenvalue weighted by Crippen LogP contribution is -3.00. The van der Waals surface area contributed by atoms with Crippen molar-refractivity contribution < 1.29 is 43.1 Å². The average molecular weight is 464 g/mol. The molecule has 10 heteroatoms. The summed E-state index contributed by atoms with van der Waals surface area (Å²) in [5.74, 6) is 0. The van der Waals surface area contributed by atoms with Gasteiger partial charge in [-0.1, -0.05) is 11.6 Å². The van der Waals surface area contributed by atoms with Gasteiger partial charge in [0.05, 0.1) is 49.9 Å². The van der Waals surface area contributed by atoms with Crippen molar-refractivity contribution in [1.82, 2.24) is 4.31 Å². The fraction of sp³-hybridized carbons (Fsp3) is 0.600. The number of rotatable bonds is 2. The molecule has 142 valence electrons. The van der Waals surface area contributed by atoms with Crippen molar-refractivity contribution in [2.24, 2.45) is 0 Å². The lowest BCUT2D eigenvalue weighted by Gasteiger charge is -2.41. The van der Waals surface area contributed by atoms with Gasteiger partial charge in [-0.3, -0.25) is 0 Å². The summed E-state index contributed by atoms with van der Waals surface area (Å²) in [7, 11) is -4.03.